The van der Waals surface area contributed by atoms with Crippen LogP contribution in [0.2, 0.25) is 0 Å². The molecule has 0 spiro atoms. The number of ether oxygens (including phenoxy) is 1. The Morgan fingerprint density at radius 3 is 2.92 bits per heavy atom. The van der Waals surface area contributed by atoms with Crippen LogP contribution in [0.15, 0.2) is 39.5 Å². The SMILES string of the molecule is Cc1sc(NC(=O)[C@@]2(C)CCCO2)nc1-c1cc2ccccc2oc1=O. The van der Waals surface area contributed by atoms with Crippen LogP contribution < -0.4 is 10.9 Å². The number of benzene rings is 1. The first-order valence-corrected chi connectivity index (χ1v) is 9.24. The van der Waals surface area contributed by atoms with Crippen LogP contribution in [0.5, 0.6) is 0 Å². The number of anilines is 1. The van der Waals surface area contributed by atoms with Gasteiger partial charge in [-0.1, -0.05) is 18.2 Å². The number of rotatable bonds is 3. The van der Waals surface area contributed by atoms with E-state index in [1.807, 2.05) is 25.1 Å². The quantitative estimate of drug-likeness (QED) is 0.711. The van der Waals surface area contributed by atoms with E-state index >= 15 is 0 Å². The van der Waals surface area contributed by atoms with Gasteiger partial charge in [-0.15, -0.1) is 11.3 Å². The first-order chi connectivity index (χ1) is 12.5. The minimum absolute atomic E-state index is 0.208. The molecule has 1 amide bonds. The van der Waals surface area contributed by atoms with Gasteiger partial charge in [-0.3, -0.25) is 10.1 Å². The minimum Gasteiger partial charge on any atom is -0.422 e. The molecule has 0 unspecified atom stereocenters. The number of nitrogens with zero attached hydrogens (tertiary/aromatic N) is 1. The maximum absolute atomic E-state index is 12.5. The van der Waals surface area contributed by atoms with Crippen molar-refractivity contribution in [2.45, 2.75) is 32.3 Å². The van der Waals surface area contributed by atoms with Gasteiger partial charge in [-0.2, -0.15) is 0 Å². The molecule has 1 N–H and O–H groups in total. The van der Waals surface area contributed by atoms with Gasteiger partial charge in [-0.05, 0) is 38.8 Å². The molecule has 1 aromatic carbocycles. The van der Waals surface area contributed by atoms with Crippen molar-refractivity contribution in [3.05, 3.63) is 45.6 Å². The summed E-state index contributed by atoms with van der Waals surface area (Å²) in [5.74, 6) is -0.208. The van der Waals surface area contributed by atoms with Crippen molar-refractivity contribution >= 4 is 33.3 Å². The van der Waals surface area contributed by atoms with Crippen molar-refractivity contribution < 1.29 is 13.9 Å². The maximum atomic E-state index is 12.5. The van der Waals surface area contributed by atoms with Crippen LogP contribution >= 0.6 is 11.3 Å². The lowest BCUT2D eigenvalue weighted by molar-refractivity contribution is -0.133. The predicted octanol–water partition coefficient (Wildman–Crippen LogP) is 3.73. The smallest absolute Gasteiger partial charge is 0.345 e. The van der Waals surface area contributed by atoms with Gasteiger partial charge in [-0.25, -0.2) is 9.78 Å². The second-order valence-electron chi connectivity index (χ2n) is 6.55. The van der Waals surface area contributed by atoms with E-state index in [-0.39, 0.29) is 5.91 Å². The summed E-state index contributed by atoms with van der Waals surface area (Å²) in [4.78, 5) is 30.1. The fourth-order valence-electron chi connectivity index (χ4n) is 3.11. The summed E-state index contributed by atoms with van der Waals surface area (Å²) in [5, 5.41) is 4.10. The summed E-state index contributed by atoms with van der Waals surface area (Å²) in [5.41, 5.74) is 0.195. The number of hydrogen-bond acceptors (Lipinski definition) is 6. The van der Waals surface area contributed by atoms with E-state index in [1.165, 1.54) is 11.3 Å². The summed E-state index contributed by atoms with van der Waals surface area (Å²) in [7, 11) is 0. The molecule has 1 aliphatic rings. The molecule has 1 saturated heterocycles. The van der Waals surface area contributed by atoms with E-state index in [0.29, 0.717) is 35.0 Å². The zero-order valence-corrected chi connectivity index (χ0v) is 15.3. The zero-order chi connectivity index (χ0) is 18.3. The Morgan fingerprint density at radius 2 is 2.15 bits per heavy atom. The highest BCUT2D eigenvalue weighted by Gasteiger charge is 2.38. The van der Waals surface area contributed by atoms with Crippen molar-refractivity contribution in [3.63, 3.8) is 0 Å². The number of para-hydroxylation sites is 1. The van der Waals surface area contributed by atoms with E-state index in [2.05, 4.69) is 10.3 Å². The fraction of sp³-hybridized carbons (Fsp3) is 0.316. The molecule has 7 heteroatoms. The molecular weight excluding hydrogens is 352 g/mol. The van der Waals surface area contributed by atoms with E-state index in [9.17, 15) is 9.59 Å². The Balaban J connectivity index is 1.68. The molecule has 2 aromatic heterocycles. The maximum Gasteiger partial charge on any atom is 0.345 e. The van der Waals surface area contributed by atoms with Crippen LogP contribution in [0.3, 0.4) is 0 Å². The molecule has 4 rings (SSSR count). The molecule has 3 heterocycles. The Kier molecular flexibility index (Phi) is 4.13. The molecule has 1 aliphatic heterocycles. The molecule has 134 valence electrons. The lowest BCUT2D eigenvalue weighted by Gasteiger charge is -2.20. The van der Waals surface area contributed by atoms with Gasteiger partial charge in [0, 0.05) is 16.9 Å². The third kappa shape index (κ3) is 2.93. The largest absolute Gasteiger partial charge is 0.422 e. The molecular formula is C19H18N2O4S. The lowest BCUT2D eigenvalue weighted by atomic mass is 10.0. The van der Waals surface area contributed by atoms with Crippen LogP contribution in [0, 0.1) is 6.92 Å². The van der Waals surface area contributed by atoms with E-state index in [1.54, 1.807) is 19.1 Å². The number of aryl methyl sites for hydroxylation is 1. The summed E-state index contributed by atoms with van der Waals surface area (Å²) in [6, 6.07) is 9.11. The minimum atomic E-state index is -0.818. The number of carbonyl (C=O) groups is 1. The normalized spacial score (nSPS) is 19.8. The third-order valence-electron chi connectivity index (χ3n) is 4.61. The Hall–Kier alpha value is -2.51. The topological polar surface area (TPSA) is 81.4 Å². The molecule has 1 atom stereocenters. The highest BCUT2D eigenvalue weighted by Crippen LogP contribution is 2.32. The number of aromatic nitrogens is 1. The van der Waals surface area contributed by atoms with Crippen LogP contribution in [0.25, 0.3) is 22.2 Å². The molecule has 0 aliphatic carbocycles. The van der Waals surface area contributed by atoms with Gasteiger partial charge < -0.3 is 9.15 Å². The summed E-state index contributed by atoms with van der Waals surface area (Å²) in [6.45, 7) is 4.24. The summed E-state index contributed by atoms with van der Waals surface area (Å²) in [6.07, 6.45) is 1.55. The molecule has 26 heavy (non-hydrogen) atoms. The van der Waals surface area contributed by atoms with Gasteiger partial charge in [0.05, 0.1) is 11.3 Å². The first-order valence-electron chi connectivity index (χ1n) is 8.42. The predicted molar refractivity (Wildman–Crippen MR) is 101 cm³/mol. The third-order valence-corrected chi connectivity index (χ3v) is 5.50. The molecule has 0 bridgehead atoms. The average Bonchev–Trinajstić information content (AvgIpc) is 3.21. The number of amides is 1. The summed E-state index contributed by atoms with van der Waals surface area (Å²) < 4.78 is 11.0. The monoisotopic (exact) mass is 370 g/mol. The van der Waals surface area contributed by atoms with Gasteiger partial charge in [0.2, 0.25) is 0 Å². The number of thiazole rings is 1. The van der Waals surface area contributed by atoms with Crippen LogP contribution in [-0.2, 0) is 9.53 Å². The second kappa shape index (κ2) is 6.34. The number of nitrogens with one attached hydrogen (secondary N) is 1. The Labute approximate surface area is 153 Å². The van der Waals surface area contributed by atoms with Crippen LogP contribution in [-0.4, -0.2) is 23.1 Å². The highest BCUT2D eigenvalue weighted by molar-refractivity contribution is 7.16. The second-order valence-corrected chi connectivity index (χ2v) is 7.75. The molecule has 6 nitrogen and oxygen atoms in total. The van der Waals surface area contributed by atoms with Crippen molar-refractivity contribution in [1.29, 1.82) is 0 Å². The van der Waals surface area contributed by atoms with Gasteiger partial charge in [0.1, 0.15) is 11.2 Å². The van der Waals surface area contributed by atoms with Crippen molar-refractivity contribution in [3.8, 4) is 11.3 Å². The molecule has 0 saturated carbocycles. The first kappa shape index (κ1) is 16.9. The zero-order valence-electron chi connectivity index (χ0n) is 14.5. The molecule has 3 aromatic rings. The van der Waals surface area contributed by atoms with Crippen molar-refractivity contribution in [2.24, 2.45) is 0 Å². The van der Waals surface area contributed by atoms with E-state index in [0.717, 1.165) is 16.7 Å². The number of fused-ring (bicyclic) bond motifs is 1. The number of carbonyl (C=O) groups excluding carboxylic acids is 1. The van der Waals surface area contributed by atoms with Gasteiger partial charge in [0.25, 0.3) is 5.91 Å². The van der Waals surface area contributed by atoms with Crippen LogP contribution in [0.4, 0.5) is 5.13 Å². The highest BCUT2D eigenvalue weighted by atomic mass is 32.1. The van der Waals surface area contributed by atoms with Crippen LogP contribution in [0.1, 0.15) is 24.6 Å². The summed E-state index contributed by atoms with van der Waals surface area (Å²) >= 11 is 1.33. The Morgan fingerprint density at radius 1 is 1.35 bits per heavy atom. The average molecular weight is 370 g/mol. The van der Waals surface area contributed by atoms with E-state index in [4.69, 9.17) is 9.15 Å². The van der Waals surface area contributed by atoms with Crippen molar-refractivity contribution in [1.82, 2.24) is 4.98 Å². The molecule has 0 radical (unpaired) electrons. The number of hydrogen-bond donors (Lipinski definition) is 1. The van der Waals surface area contributed by atoms with Gasteiger partial charge in [0.15, 0.2) is 5.13 Å². The standard InChI is InChI=1S/C19H18N2O4S/c1-11-15(13-10-12-6-3-4-7-14(12)25-16(13)22)20-18(26-11)21-17(23)19(2)8-5-9-24-19/h3-4,6-7,10H,5,8-9H2,1-2H3,(H,20,21,23)/t19-/m1/s1. The van der Waals surface area contributed by atoms with Crippen molar-refractivity contribution in [2.75, 3.05) is 11.9 Å². The van der Waals surface area contributed by atoms with Gasteiger partial charge >= 0.3 is 5.63 Å². The van der Waals surface area contributed by atoms with E-state index < -0.39 is 11.2 Å². The molecule has 1 fully saturated rings. The Bertz CT molecular complexity index is 1050. The fourth-order valence-corrected chi connectivity index (χ4v) is 3.94. The lowest BCUT2D eigenvalue weighted by Crippen LogP contribution is -2.39.